The number of aromatic nitrogens is 2. The van der Waals surface area contributed by atoms with Gasteiger partial charge in [0.2, 0.25) is 0 Å². The summed E-state index contributed by atoms with van der Waals surface area (Å²) in [6.07, 6.45) is 5.25. The van der Waals surface area contributed by atoms with Crippen molar-refractivity contribution in [3.8, 4) is 0 Å². The van der Waals surface area contributed by atoms with Gasteiger partial charge in [-0.15, -0.1) is 0 Å². The van der Waals surface area contributed by atoms with E-state index in [1.54, 1.807) is 0 Å². The molecule has 0 bridgehead atoms. The Morgan fingerprint density at radius 2 is 2.13 bits per heavy atom. The second kappa shape index (κ2) is 3.56. The molecule has 2 rings (SSSR count). The lowest BCUT2D eigenvalue weighted by molar-refractivity contribution is 0.507. The van der Waals surface area contributed by atoms with Gasteiger partial charge in [0.15, 0.2) is 0 Å². The van der Waals surface area contributed by atoms with Gasteiger partial charge in [0.25, 0.3) is 0 Å². The fourth-order valence-electron chi connectivity index (χ4n) is 1.94. The summed E-state index contributed by atoms with van der Waals surface area (Å²) in [6.45, 7) is 6.38. The van der Waals surface area contributed by atoms with Crippen molar-refractivity contribution < 1.29 is 0 Å². The van der Waals surface area contributed by atoms with E-state index >= 15 is 0 Å². The van der Waals surface area contributed by atoms with Crippen molar-refractivity contribution in [3.63, 3.8) is 0 Å². The van der Waals surface area contributed by atoms with Crippen molar-refractivity contribution in [1.29, 1.82) is 0 Å². The first-order chi connectivity index (χ1) is 6.98. The quantitative estimate of drug-likeness (QED) is 0.705. The number of aryl methyl sites for hydroxylation is 1. The fourth-order valence-corrected chi connectivity index (χ4v) is 1.94. The van der Waals surface area contributed by atoms with Crippen LogP contribution in [0.25, 0.3) is 0 Å². The zero-order valence-corrected chi connectivity index (χ0v) is 9.75. The van der Waals surface area contributed by atoms with Crippen LogP contribution in [0.1, 0.15) is 56.7 Å². The van der Waals surface area contributed by atoms with Crippen LogP contribution < -0.4 is 5.73 Å². The zero-order valence-electron chi connectivity index (χ0n) is 9.75. The van der Waals surface area contributed by atoms with Crippen LogP contribution in [0.4, 0.5) is 0 Å². The molecule has 1 aliphatic rings. The van der Waals surface area contributed by atoms with Gasteiger partial charge in [0.1, 0.15) is 5.82 Å². The van der Waals surface area contributed by atoms with Crippen molar-refractivity contribution in [1.82, 2.24) is 9.97 Å². The van der Waals surface area contributed by atoms with Gasteiger partial charge in [0.05, 0.1) is 5.69 Å². The van der Waals surface area contributed by atoms with Gasteiger partial charge in [-0.3, -0.25) is 0 Å². The van der Waals surface area contributed by atoms with Gasteiger partial charge in [0, 0.05) is 17.7 Å². The summed E-state index contributed by atoms with van der Waals surface area (Å²) in [5.41, 5.74) is 8.38. The Labute approximate surface area is 91.1 Å². The van der Waals surface area contributed by atoms with Crippen LogP contribution in [0.2, 0.25) is 0 Å². The van der Waals surface area contributed by atoms with Gasteiger partial charge in [-0.2, -0.15) is 0 Å². The maximum absolute atomic E-state index is 6.07. The van der Waals surface area contributed by atoms with Crippen LogP contribution in [0.15, 0.2) is 6.20 Å². The monoisotopic (exact) mass is 205 g/mol. The number of hydrogen-bond acceptors (Lipinski definition) is 3. The molecule has 82 valence electrons. The minimum atomic E-state index is 0.00615. The second-order valence-electron chi connectivity index (χ2n) is 5.35. The molecule has 1 aromatic rings. The van der Waals surface area contributed by atoms with Crippen LogP contribution in [0.5, 0.6) is 0 Å². The first-order valence-electron chi connectivity index (χ1n) is 5.60. The first kappa shape index (κ1) is 10.6. The maximum Gasteiger partial charge on any atom is 0.133 e. The standard InChI is InChI=1S/C12H19N3/c1-12(2,3)11-14-7-8-5-4-6-9(13)10(8)15-11/h7,9H,4-6,13H2,1-3H3. The van der Waals surface area contributed by atoms with E-state index in [9.17, 15) is 0 Å². The molecule has 0 aliphatic heterocycles. The molecule has 1 atom stereocenters. The predicted octanol–water partition coefficient (Wildman–Crippen LogP) is 2.11. The minimum Gasteiger partial charge on any atom is -0.323 e. The molecule has 0 radical (unpaired) electrons. The largest absolute Gasteiger partial charge is 0.323 e. The number of nitrogens with zero attached hydrogens (tertiary/aromatic N) is 2. The Morgan fingerprint density at radius 3 is 2.80 bits per heavy atom. The van der Waals surface area contributed by atoms with E-state index in [0.29, 0.717) is 0 Å². The highest BCUT2D eigenvalue weighted by molar-refractivity contribution is 5.24. The molecule has 0 saturated heterocycles. The molecule has 15 heavy (non-hydrogen) atoms. The Hall–Kier alpha value is -0.960. The normalized spacial score (nSPS) is 21.2. The lowest BCUT2D eigenvalue weighted by Gasteiger charge is -2.24. The SMILES string of the molecule is CC(C)(C)c1ncc2c(n1)C(N)CCC2. The highest BCUT2D eigenvalue weighted by Crippen LogP contribution is 2.28. The van der Waals surface area contributed by atoms with Crippen molar-refractivity contribution in [2.24, 2.45) is 5.73 Å². The van der Waals surface area contributed by atoms with E-state index in [1.807, 2.05) is 6.20 Å². The maximum atomic E-state index is 6.07. The average molecular weight is 205 g/mol. The minimum absolute atomic E-state index is 0.00615. The van der Waals surface area contributed by atoms with E-state index in [1.165, 1.54) is 5.56 Å². The summed E-state index contributed by atoms with van der Waals surface area (Å²) in [7, 11) is 0. The second-order valence-corrected chi connectivity index (χ2v) is 5.35. The number of fused-ring (bicyclic) bond motifs is 1. The zero-order chi connectivity index (χ0) is 11.1. The molecule has 3 heteroatoms. The van der Waals surface area contributed by atoms with E-state index < -0.39 is 0 Å². The first-order valence-corrected chi connectivity index (χ1v) is 5.60. The molecule has 3 nitrogen and oxygen atoms in total. The van der Waals surface area contributed by atoms with Crippen molar-refractivity contribution in [2.45, 2.75) is 51.5 Å². The molecule has 2 N–H and O–H groups in total. The van der Waals surface area contributed by atoms with Crippen molar-refractivity contribution in [2.75, 3.05) is 0 Å². The average Bonchev–Trinajstić information content (AvgIpc) is 2.16. The molecule has 0 spiro atoms. The lowest BCUT2D eigenvalue weighted by Crippen LogP contribution is -2.24. The number of nitrogens with two attached hydrogens (primary N) is 1. The topological polar surface area (TPSA) is 51.8 Å². The van der Waals surface area contributed by atoms with Gasteiger partial charge in [-0.1, -0.05) is 20.8 Å². The van der Waals surface area contributed by atoms with Crippen molar-refractivity contribution >= 4 is 0 Å². The summed E-state index contributed by atoms with van der Waals surface area (Å²) >= 11 is 0. The summed E-state index contributed by atoms with van der Waals surface area (Å²) in [5, 5.41) is 0. The molecule has 1 aromatic heterocycles. The molecule has 1 unspecified atom stereocenters. The van der Waals surface area contributed by atoms with Crippen LogP contribution >= 0.6 is 0 Å². The van der Waals surface area contributed by atoms with E-state index in [4.69, 9.17) is 5.73 Å². The smallest absolute Gasteiger partial charge is 0.133 e. The summed E-state index contributed by atoms with van der Waals surface area (Å²) < 4.78 is 0. The Kier molecular flexibility index (Phi) is 2.51. The lowest BCUT2D eigenvalue weighted by atomic mass is 9.91. The van der Waals surface area contributed by atoms with Crippen LogP contribution in [-0.2, 0) is 11.8 Å². The Bertz CT molecular complexity index is 366. The van der Waals surface area contributed by atoms with Crippen LogP contribution in [-0.4, -0.2) is 9.97 Å². The fraction of sp³-hybridized carbons (Fsp3) is 0.667. The Morgan fingerprint density at radius 1 is 1.40 bits per heavy atom. The third-order valence-electron chi connectivity index (χ3n) is 2.88. The van der Waals surface area contributed by atoms with Gasteiger partial charge in [-0.05, 0) is 24.8 Å². The molecule has 0 fully saturated rings. The molecular weight excluding hydrogens is 186 g/mol. The third-order valence-corrected chi connectivity index (χ3v) is 2.88. The molecule has 1 heterocycles. The summed E-state index contributed by atoms with van der Waals surface area (Å²) in [4.78, 5) is 9.06. The van der Waals surface area contributed by atoms with Gasteiger partial charge < -0.3 is 5.73 Å². The number of rotatable bonds is 0. The molecule has 0 saturated carbocycles. The molecule has 0 aromatic carbocycles. The highest BCUT2D eigenvalue weighted by atomic mass is 14.9. The number of hydrogen-bond donors (Lipinski definition) is 1. The van der Waals surface area contributed by atoms with Crippen molar-refractivity contribution in [3.05, 3.63) is 23.3 Å². The Balaban J connectivity index is 2.44. The highest BCUT2D eigenvalue weighted by Gasteiger charge is 2.23. The summed E-state index contributed by atoms with van der Waals surface area (Å²) in [6, 6.07) is 0.109. The van der Waals surface area contributed by atoms with E-state index in [0.717, 1.165) is 30.8 Å². The molecule has 0 amide bonds. The van der Waals surface area contributed by atoms with Gasteiger partial charge in [-0.25, -0.2) is 9.97 Å². The third kappa shape index (κ3) is 2.02. The van der Waals surface area contributed by atoms with E-state index in [-0.39, 0.29) is 11.5 Å². The predicted molar refractivity (Wildman–Crippen MR) is 60.6 cm³/mol. The molecular formula is C12H19N3. The van der Waals surface area contributed by atoms with E-state index in [2.05, 4.69) is 30.7 Å². The van der Waals surface area contributed by atoms with Crippen LogP contribution in [0.3, 0.4) is 0 Å². The van der Waals surface area contributed by atoms with Crippen LogP contribution in [0, 0.1) is 0 Å². The van der Waals surface area contributed by atoms with Gasteiger partial charge >= 0.3 is 0 Å². The summed E-state index contributed by atoms with van der Waals surface area (Å²) in [5.74, 6) is 0.901. The molecule has 1 aliphatic carbocycles.